The van der Waals surface area contributed by atoms with Crippen LogP contribution in [0.3, 0.4) is 0 Å². The fourth-order valence-electron chi connectivity index (χ4n) is 2.25. The highest BCUT2D eigenvalue weighted by molar-refractivity contribution is 9.10. The molecule has 102 valence electrons. The Balaban J connectivity index is 2.36. The molecule has 2 rings (SSSR count). The summed E-state index contributed by atoms with van der Waals surface area (Å²) in [6.07, 6.45) is 0. The number of hydrogen-bond acceptors (Lipinski definition) is 1. The molecule has 19 heavy (non-hydrogen) atoms. The van der Waals surface area contributed by atoms with Crippen LogP contribution in [-0.4, -0.2) is 9.78 Å². The smallest absolute Gasteiger partial charge is 0.124 e. The number of benzene rings is 1. The summed E-state index contributed by atoms with van der Waals surface area (Å²) in [5, 5.41) is 4.44. The van der Waals surface area contributed by atoms with Crippen LogP contribution >= 0.6 is 27.5 Å². The molecule has 0 amide bonds. The number of rotatable bonds is 3. The van der Waals surface area contributed by atoms with Gasteiger partial charge in [-0.1, -0.05) is 22.0 Å². The molecule has 0 spiro atoms. The van der Waals surface area contributed by atoms with Crippen molar-refractivity contribution in [3.63, 3.8) is 0 Å². The molecule has 0 saturated carbocycles. The molecule has 0 N–H and O–H groups in total. The van der Waals surface area contributed by atoms with E-state index in [1.165, 1.54) is 12.1 Å². The lowest BCUT2D eigenvalue weighted by Gasteiger charge is -2.08. The molecule has 5 heteroatoms. The van der Waals surface area contributed by atoms with E-state index in [4.69, 9.17) is 11.6 Å². The lowest BCUT2D eigenvalue weighted by Crippen LogP contribution is -2.05. The van der Waals surface area contributed by atoms with Crippen molar-refractivity contribution in [3.05, 3.63) is 51.0 Å². The van der Waals surface area contributed by atoms with Gasteiger partial charge in [-0.2, -0.15) is 5.10 Å². The fourth-order valence-corrected chi connectivity index (χ4v) is 3.04. The molecule has 1 heterocycles. The van der Waals surface area contributed by atoms with Crippen LogP contribution < -0.4 is 0 Å². The maximum Gasteiger partial charge on any atom is 0.124 e. The van der Waals surface area contributed by atoms with Crippen LogP contribution in [0, 0.1) is 19.7 Å². The Morgan fingerprint density at radius 3 is 2.63 bits per heavy atom. The average Bonchev–Trinajstić information content (AvgIpc) is 2.58. The monoisotopic (exact) mass is 344 g/mol. The van der Waals surface area contributed by atoms with Crippen molar-refractivity contribution in [3.8, 4) is 0 Å². The minimum atomic E-state index is -0.251. The minimum absolute atomic E-state index is 0.0644. The number of aryl methyl sites for hydroxylation is 1. The Labute approximate surface area is 125 Å². The van der Waals surface area contributed by atoms with Crippen molar-refractivity contribution in [2.24, 2.45) is 0 Å². The van der Waals surface area contributed by atoms with Gasteiger partial charge in [-0.25, -0.2) is 4.39 Å². The quantitative estimate of drug-likeness (QED) is 0.734. The van der Waals surface area contributed by atoms with Crippen molar-refractivity contribution >= 4 is 27.5 Å². The Kier molecular flexibility index (Phi) is 4.31. The van der Waals surface area contributed by atoms with Gasteiger partial charge in [-0.3, -0.25) is 4.68 Å². The molecule has 0 aliphatic rings. The maximum atomic E-state index is 13.1. The highest BCUT2D eigenvalue weighted by Gasteiger charge is 2.16. The highest BCUT2D eigenvalue weighted by atomic mass is 79.9. The van der Waals surface area contributed by atoms with Gasteiger partial charge in [0, 0.05) is 15.7 Å². The first-order valence-corrected chi connectivity index (χ1v) is 7.25. The van der Waals surface area contributed by atoms with Crippen molar-refractivity contribution in [2.45, 2.75) is 32.7 Å². The summed E-state index contributed by atoms with van der Waals surface area (Å²) in [5.74, 6) is -0.251. The van der Waals surface area contributed by atoms with Gasteiger partial charge in [0.25, 0.3) is 0 Å². The molecule has 2 aromatic rings. The second kappa shape index (κ2) is 5.63. The number of aromatic nitrogens is 2. The molecule has 2 nitrogen and oxygen atoms in total. The molecule has 0 bridgehead atoms. The van der Waals surface area contributed by atoms with Crippen LogP contribution in [0.15, 0.2) is 22.7 Å². The molecule has 0 aliphatic heterocycles. The van der Waals surface area contributed by atoms with Crippen LogP contribution in [0.4, 0.5) is 4.39 Å². The lowest BCUT2D eigenvalue weighted by atomic mass is 10.1. The van der Waals surface area contributed by atoms with E-state index in [-0.39, 0.29) is 11.2 Å². The van der Waals surface area contributed by atoms with E-state index in [0.717, 1.165) is 27.0 Å². The third-order valence-corrected chi connectivity index (χ3v) is 4.13. The van der Waals surface area contributed by atoms with E-state index in [2.05, 4.69) is 21.0 Å². The zero-order chi connectivity index (χ0) is 14.2. The number of hydrogen-bond donors (Lipinski definition) is 0. The SMILES string of the molecule is Cc1nn(Cc2ccc(F)cc2Br)c(C)c1C(C)Cl. The number of nitrogens with zero attached hydrogens (tertiary/aromatic N) is 2. The maximum absolute atomic E-state index is 13.1. The van der Waals surface area contributed by atoms with Gasteiger partial charge in [0.1, 0.15) is 5.82 Å². The molecule has 1 atom stereocenters. The fraction of sp³-hybridized carbons (Fsp3) is 0.357. The molecule has 1 unspecified atom stereocenters. The highest BCUT2D eigenvalue weighted by Crippen LogP contribution is 2.27. The predicted octanol–water partition coefficient (Wildman–Crippen LogP) is 4.75. The van der Waals surface area contributed by atoms with Gasteiger partial charge in [0.15, 0.2) is 0 Å². The normalized spacial score (nSPS) is 12.7. The van der Waals surface area contributed by atoms with Gasteiger partial charge in [-0.15, -0.1) is 11.6 Å². The van der Waals surface area contributed by atoms with Gasteiger partial charge >= 0.3 is 0 Å². The molecule has 1 aromatic heterocycles. The minimum Gasteiger partial charge on any atom is -0.265 e. The van der Waals surface area contributed by atoms with E-state index in [0.29, 0.717) is 6.54 Å². The standard InChI is InChI=1S/C14H15BrClFN2/c1-8(16)14-9(2)18-19(10(14)3)7-11-4-5-12(17)6-13(11)15/h4-6,8H,7H2,1-3H3. The van der Waals surface area contributed by atoms with Crippen molar-refractivity contribution in [1.29, 1.82) is 0 Å². The van der Waals surface area contributed by atoms with Crippen molar-refractivity contribution < 1.29 is 4.39 Å². The Morgan fingerprint density at radius 2 is 2.11 bits per heavy atom. The van der Waals surface area contributed by atoms with Crippen molar-refractivity contribution in [2.75, 3.05) is 0 Å². The molecule has 0 saturated heterocycles. The molecule has 1 aromatic carbocycles. The summed E-state index contributed by atoms with van der Waals surface area (Å²) >= 11 is 9.55. The Morgan fingerprint density at radius 1 is 1.42 bits per heavy atom. The van der Waals surface area contributed by atoms with Crippen LogP contribution in [-0.2, 0) is 6.54 Å². The summed E-state index contributed by atoms with van der Waals surface area (Å²) in [4.78, 5) is 0. The van der Waals surface area contributed by atoms with Gasteiger partial charge in [-0.05, 0) is 38.5 Å². The third-order valence-electron chi connectivity index (χ3n) is 3.17. The molecule has 0 aliphatic carbocycles. The number of alkyl halides is 1. The first-order valence-electron chi connectivity index (χ1n) is 6.02. The first-order chi connectivity index (χ1) is 8.90. The topological polar surface area (TPSA) is 17.8 Å². The van der Waals surface area contributed by atoms with Gasteiger partial charge in [0.2, 0.25) is 0 Å². The molecular weight excluding hydrogens is 331 g/mol. The number of halogens is 3. The Hall–Kier alpha value is -0.870. The second-order valence-electron chi connectivity index (χ2n) is 4.59. The zero-order valence-electron chi connectivity index (χ0n) is 11.0. The van der Waals surface area contributed by atoms with Crippen molar-refractivity contribution in [1.82, 2.24) is 9.78 Å². The zero-order valence-corrected chi connectivity index (χ0v) is 13.4. The molecule has 0 radical (unpaired) electrons. The second-order valence-corrected chi connectivity index (χ2v) is 6.10. The third kappa shape index (κ3) is 3.00. The van der Waals surface area contributed by atoms with E-state index in [1.807, 2.05) is 25.5 Å². The van der Waals surface area contributed by atoms with E-state index in [9.17, 15) is 4.39 Å². The summed E-state index contributed by atoms with van der Waals surface area (Å²) in [6, 6.07) is 4.68. The summed E-state index contributed by atoms with van der Waals surface area (Å²) in [7, 11) is 0. The Bertz CT molecular complexity index is 608. The largest absolute Gasteiger partial charge is 0.265 e. The van der Waals surface area contributed by atoms with Crippen LogP contribution in [0.1, 0.15) is 34.8 Å². The van der Waals surface area contributed by atoms with Crippen LogP contribution in [0.2, 0.25) is 0 Å². The summed E-state index contributed by atoms with van der Waals surface area (Å²) in [6.45, 7) is 6.50. The van der Waals surface area contributed by atoms with Crippen LogP contribution in [0.25, 0.3) is 0 Å². The van der Waals surface area contributed by atoms with Gasteiger partial charge in [0.05, 0.1) is 17.6 Å². The first kappa shape index (κ1) is 14.5. The van der Waals surface area contributed by atoms with E-state index < -0.39 is 0 Å². The summed E-state index contributed by atoms with van der Waals surface area (Å²) < 4.78 is 15.7. The van der Waals surface area contributed by atoms with E-state index in [1.54, 1.807) is 6.07 Å². The van der Waals surface area contributed by atoms with Gasteiger partial charge < -0.3 is 0 Å². The van der Waals surface area contributed by atoms with E-state index >= 15 is 0 Å². The van der Waals surface area contributed by atoms with Crippen LogP contribution in [0.5, 0.6) is 0 Å². The summed E-state index contributed by atoms with van der Waals surface area (Å²) in [5.41, 5.74) is 4.05. The average molecular weight is 346 g/mol. The molecule has 0 fully saturated rings. The molecular formula is C14H15BrClFN2. The lowest BCUT2D eigenvalue weighted by molar-refractivity contribution is 0.620. The predicted molar refractivity (Wildman–Crippen MR) is 79.2 cm³/mol.